The van der Waals surface area contributed by atoms with Gasteiger partial charge in [0.05, 0.1) is 11.4 Å². The third-order valence-corrected chi connectivity index (χ3v) is 3.12. The van der Waals surface area contributed by atoms with Crippen molar-refractivity contribution in [1.82, 2.24) is 5.32 Å². The second-order valence-electron chi connectivity index (χ2n) is 4.61. The first-order chi connectivity index (χ1) is 8.86. The third-order valence-electron chi connectivity index (χ3n) is 3.12. The fraction of sp³-hybridized carbons (Fsp3) is 0.385. The average molecular weight is 274 g/mol. The van der Waals surface area contributed by atoms with E-state index in [1.165, 1.54) is 6.07 Å². The number of benzene rings is 1. The van der Waals surface area contributed by atoms with Gasteiger partial charge in [0, 0.05) is 6.54 Å². The van der Waals surface area contributed by atoms with E-state index in [9.17, 15) is 17.6 Å². The smallest absolute Gasteiger partial charge is 0.386 e. The van der Waals surface area contributed by atoms with Gasteiger partial charge in [0.2, 0.25) is 0 Å². The molecule has 6 heteroatoms. The molecule has 19 heavy (non-hydrogen) atoms. The van der Waals surface area contributed by atoms with Crippen molar-refractivity contribution in [3.8, 4) is 0 Å². The fourth-order valence-corrected chi connectivity index (χ4v) is 2.10. The van der Waals surface area contributed by atoms with Crippen molar-refractivity contribution in [2.45, 2.75) is 19.0 Å². The van der Waals surface area contributed by atoms with Crippen LogP contribution in [0.1, 0.15) is 17.5 Å². The molecule has 0 aromatic heterocycles. The Labute approximate surface area is 108 Å². The number of hydrogen-bond acceptors (Lipinski definition) is 2. The minimum Gasteiger partial charge on any atom is -0.386 e. The van der Waals surface area contributed by atoms with E-state index in [4.69, 9.17) is 5.73 Å². The number of aryl methyl sites for hydroxylation is 1. The van der Waals surface area contributed by atoms with E-state index in [0.717, 1.165) is 12.1 Å². The third kappa shape index (κ3) is 3.39. The monoisotopic (exact) mass is 274 g/mol. The summed E-state index contributed by atoms with van der Waals surface area (Å²) in [5.74, 6) is -0.428. The predicted molar refractivity (Wildman–Crippen MR) is 63.5 cm³/mol. The lowest BCUT2D eigenvalue weighted by atomic mass is 9.99. The molecule has 1 aliphatic heterocycles. The van der Waals surface area contributed by atoms with E-state index in [0.29, 0.717) is 30.8 Å². The Morgan fingerprint density at radius 1 is 1.32 bits per heavy atom. The van der Waals surface area contributed by atoms with Crippen molar-refractivity contribution in [1.29, 1.82) is 0 Å². The molecule has 2 nitrogen and oxygen atoms in total. The molecule has 1 heterocycles. The van der Waals surface area contributed by atoms with Gasteiger partial charge in [0.25, 0.3) is 0 Å². The molecule has 3 N–H and O–H groups in total. The zero-order chi connectivity index (χ0) is 14.0. The summed E-state index contributed by atoms with van der Waals surface area (Å²) >= 11 is 0. The van der Waals surface area contributed by atoms with E-state index in [1.54, 1.807) is 0 Å². The van der Waals surface area contributed by atoms with Crippen molar-refractivity contribution in [3.63, 3.8) is 0 Å². The Balaban J connectivity index is 2.05. The summed E-state index contributed by atoms with van der Waals surface area (Å²) in [6.45, 7) is 0.694. The Kier molecular flexibility index (Phi) is 3.68. The molecular formula is C13H14F4N2. The highest BCUT2D eigenvalue weighted by molar-refractivity contribution is 5.27. The average Bonchev–Trinajstić information content (AvgIpc) is 2.72. The number of rotatable bonds is 3. The number of hydrogen-bond donors (Lipinski definition) is 2. The molecule has 1 aliphatic rings. The number of nitrogens with one attached hydrogen (secondary N) is 1. The van der Waals surface area contributed by atoms with Gasteiger partial charge in [-0.15, -0.1) is 0 Å². The minimum absolute atomic E-state index is 0.208. The van der Waals surface area contributed by atoms with Crippen LogP contribution in [-0.2, 0) is 12.6 Å². The quantitative estimate of drug-likeness (QED) is 0.832. The van der Waals surface area contributed by atoms with Gasteiger partial charge in [-0.25, -0.2) is 4.39 Å². The van der Waals surface area contributed by atoms with Gasteiger partial charge in [-0.3, -0.25) is 0 Å². The Bertz CT molecular complexity index is 494. The maximum Gasteiger partial charge on any atom is 0.419 e. The van der Waals surface area contributed by atoms with Gasteiger partial charge in [-0.05, 0) is 42.5 Å². The van der Waals surface area contributed by atoms with Crippen LogP contribution in [0.15, 0.2) is 30.1 Å². The lowest BCUT2D eigenvalue weighted by Crippen LogP contribution is -2.16. The maximum absolute atomic E-state index is 13.1. The van der Waals surface area contributed by atoms with Crippen LogP contribution in [0.25, 0.3) is 0 Å². The van der Waals surface area contributed by atoms with Crippen LogP contribution in [0.4, 0.5) is 17.6 Å². The summed E-state index contributed by atoms with van der Waals surface area (Å²) in [5, 5.41) is 2.95. The van der Waals surface area contributed by atoms with Crippen LogP contribution < -0.4 is 11.1 Å². The highest BCUT2D eigenvalue weighted by Gasteiger charge is 2.34. The summed E-state index contributed by atoms with van der Waals surface area (Å²) in [7, 11) is 0. The predicted octanol–water partition coefficient (Wildman–Crippen LogP) is 2.80. The fourth-order valence-electron chi connectivity index (χ4n) is 2.10. The topological polar surface area (TPSA) is 38.0 Å². The van der Waals surface area contributed by atoms with E-state index >= 15 is 0 Å². The minimum atomic E-state index is -4.65. The van der Waals surface area contributed by atoms with Gasteiger partial charge in [0.15, 0.2) is 0 Å². The zero-order valence-corrected chi connectivity index (χ0v) is 10.1. The van der Waals surface area contributed by atoms with E-state index < -0.39 is 17.6 Å². The summed E-state index contributed by atoms with van der Waals surface area (Å²) in [6.07, 6.45) is -1.66. The maximum atomic E-state index is 13.1. The molecule has 0 saturated carbocycles. The highest BCUT2D eigenvalue weighted by Crippen LogP contribution is 2.32. The van der Waals surface area contributed by atoms with Gasteiger partial charge in [-0.2, -0.15) is 13.2 Å². The number of alkyl halides is 3. The van der Waals surface area contributed by atoms with Crippen LogP contribution in [0.3, 0.4) is 0 Å². The van der Waals surface area contributed by atoms with Crippen LogP contribution in [0.2, 0.25) is 0 Å². The first-order valence-electron chi connectivity index (χ1n) is 5.93. The molecule has 104 valence electrons. The lowest BCUT2D eigenvalue weighted by Gasteiger charge is -2.11. The first-order valence-corrected chi connectivity index (χ1v) is 5.93. The molecule has 0 bridgehead atoms. The van der Waals surface area contributed by atoms with Gasteiger partial charge < -0.3 is 11.1 Å². The Morgan fingerprint density at radius 2 is 2.05 bits per heavy atom. The van der Waals surface area contributed by atoms with Crippen LogP contribution >= 0.6 is 0 Å². The van der Waals surface area contributed by atoms with Crippen molar-refractivity contribution >= 4 is 0 Å². The molecule has 1 atom stereocenters. The second-order valence-corrected chi connectivity index (χ2v) is 4.61. The number of nitrogens with two attached hydrogens (primary N) is 1. The van der Waals surface area contributed by atoms with Gasteiger partial charge in [-0.1, -0.05) is 6.07 Å². The summed E-state index contributed by atoms with van der Waals surface area (Å²) in [4.78, 5) is 0. The Hall–Kier alpha value is -1.72. The molecule has 0 aliphatic carbocycles. The number of halogens is 4. The second kappa shape index (κ2) is 5.11. The SMILES string of the molecule is NC1=C[C@H](CCc2ccc(F)c(C(F)(F)F)c2)CN1. The van der Waals surface area contributed by atoms with Crippen molar-refractivity contribution in [3.05, 3.63) is 47.0 Å². The zero-order valence-electron chi connectivity index (χ0n) is 10.1. The van der Waals surface area contributed by atoms with Crippen molar-refractivity contribution in [2.24, 2.45) is 11.7 Å². The normalized spacial score (nSPS) is 19.2. The molecule has 2 rings (SSSR count). The lowest BCUT2D eigenvalue weighted by molar-refractivity contribution is -0.140. The summed E-state index contributed by atoms with van der Waals surface area (Å²) in [6, 6.07) is 3.14. The molecule has 0 amide bonds. The molecule has 0 fully saturated rings. The van der Waals surface area contributed by atoms with Crippen LogP contribution in [-0.4, -0.2) is 6.54 Å². The molecular weight excluding hydrogens is 260 g/mol. The van der Waals surface area contributed by atoms with Crippen molar-refractivity contribution < 1.29 is 17.6 Å². The largest absolute Gasteiger partial charge is 0.419 e. The van der Waals surface area contributed by atoms with Gasteiger partial charge in [0.1, 0.15) is 5.82 Å². The van der Waals surface area contributed by atoms with E-state index in [1.807, 2.05) is 6.08 Å². The summed E-state index contributed by atoms with van der Waals surface area (Å²) < 4.78 is 50.7. The molecule has 1 aromatic rings. The first kappa shape index (κ1) is 13.7. The molecule has 0 radical (unpaired) electrons. The van der Waals surface area contributed by atoms with E-state index in [-0.39, 0.29) is 5.92 Å². The van der Waals surface area contributed by atoms with Crippen LogP contribution in [0, 0.1) is 11.7 Å². The molecule has 0 spiro atoms. The molecule has 0 saturated heterocycles. The van der Waals surface area contributed by atoms with Crippen LogP contribution in [0.5, 0.6) is 0 Å². The summed E-state index contributed by atoms with van der Waals surface area (Å²) in [5.41, 5.74) is 4.82. The Morgan fingerprint density at radius 3 is 2.63 bits per heavy atom. The standard InChI is InChI=1S/C13H14F4N2/c14-11-4-3-8(5-10(11)13(15,16)17)1-2-9-6-12(18)19-7-9/h3-6,9,19H,1-2,7,18H2/t9-/m0/s1. The van der Waals surface area contributed by atoms with E-state index in [2.05, 4.69) is 5.32 Å². The highest BCUT2D eigenvalue weighted by atomic mass is 19.4. The van der Waals surface area contributed by atoms with Crippen molar-refractivity contribution in [2.75, 3.05) is 6.54 Å². The van der Waals surface area contributed by atoms with Gasteiger partial charge >= 0.3 is 6.18 Å². The molecule has 1 aromatic carbocycles. The molecule has 0 unspecified atom stereocenters.